The molecule has 8 heteroatoms. The van der Waals surface area contributed by atoms with Gasteiger partial charge in [0.05, 0.1) is 6.61 Å². The lowest BCUT2D eigenvalue weighted by molar-refractivity contribution is 0.0692. The van der Waals surface area contributed by atoms with Crippen LogP contribution < -0.4 is 14.8 Å². The average Bonchev–Trinajstić information content (AvgIpc) is 3.44. The summed E-state index contributed by atoms with van der Waals surface area (Å²) >= 11 is 6.31. The topological polar surface area (TPSA) is 83.7 Å². The van der Waals surface area contributed by atoms with Gasteiger partial charge in [-0.15, -0.1) is 0 Å². The molecule has 6 rings (SSSR count). The summed E-state index contributed by atoms with van der Waals surface area (Å²) in [5, 5.41) is 4.98. The normalized spacial score (nSPS) is 13.5. The van der Waals surface area contributed by atoms with Crippen LogP contribution in [0.15, 0.2) is 91.0 Å². The lowest BCUT2D eigenvalue weighted by atomic mass is 10.0. The van der Waals surface area contributed by atoms with Crippen molar-refractivity contribution in [3.8, 4) is 17.2 Å². The Morgan fingerprint density at radius 2 is 1.57 bits per heavy atom. The maximum absolute atomic E-state index is 13.8. The predicted molar refractivity (Wildman–Crippen MR) is 182 cm³/mol. The Kier molecular flexibility index (Phi) is 9.60. The molecule has 0 radical (unpaired) electrons. The number of carbonyl (C=O) groups is 2. The minimum atomic E-state index is -0.146. The second-order valence-corrected chi connectivity index (χ2v) is 12.2. The molecule has 2 N–H and O–H groups in total. The first kappa shape index (κ1) is 31.2. The third kappa shape index (κ3) is 7.21. The van der Waals surface area contributed by atoms with Crippen LogP contribution in [0.1, 0.15) is 56.8 Å². The summed E-state index contributed by atoms with van der Waals surface area (Å²) in [6, 6.07) is 28.6. The smallest absolute Gasteiger partial charge is 0.270 e. The standard InChI is InChI=1S/C38H38ClN3O4/c1-25-22-31(23-26(2)35(25)39)45-21-9-15-33-32-14-6-7-16-34(32)41-36(33)38(44)42-19-17-28(18-20-42)40-37(43)27-10-8-13-30(24-27)46-29-11-4-3-5-12-29/h3-8,10-14,16,22-24,28,41H,9,15,17-21H2,1-2H3,(H,40,43). The van der Waals surface area contributed by atoms with E-state index < -0.39 is 0 Å². The van der Waals surface area contributed by atoms with Gasteiger partial charge in [-0.05, 0) is 105 Å². The van der Waals surface area contributed by atoms with Crippen LogP contribution in [0, 0.1) is 13.8 Å². The van der Waals surface area contributed by atoms with Gasteiger partial charge < -0.3 is 24.7 Å². The number of aromatic nitrogens is 1. The van der Waals surface area contributed by atoms with Gasteiger partial charge in [-0.2, -0.15) is 0 Å². The molecule has 2 amide bonds. The van der Waals surface area contributed by atoms with Crippen molar-refractivity contribution in [3.63, 3.8) is 0 Å². The van der Waals surface area contributed by atoms with Gasteiger partial charge >= 0.3 is 0 Å². The number of piperidine rings is 1. The van der Waals surface area contributed by atoms with E-state index in [9.17, 15) is 9.59 Å². The zero-order valence-electron chi connectivity index (χ0n) is 26.1. The van der Waals surface area contributed by atoms with E-state index in [1.807, 2.05) is 91.5 Å². The number of nitrogens with zero attached hydrogens (tertiary/aromatic N) is 1. The fourth-order valence-corrected chi connectivity index (χ4v) is 6.16. The van der Waals surface area contributed by atoms with Gasteiger partial charge in [-0.3, -0.25) is 9.59 Å². The Morgan fingerprint density at radius 1 is 0.870 bits per heavy atom. The van der Waals surface area contributed by atoms with E-state index in [2.05, 4.69) is 16.4 Å². The maximum atomic E-state index is 13.8. The number of amides is 2. The van der Waals surface area contributed by atoms with E-state index >= 15 is 0 Å². The molecule has 0 bridgehead atoms. The molecule has 236 valence electrons. The number of aromatic amines is 1. The number of hydrogen-bond donors (Lipinski definition) is 2. The van der Waals surface area contributed by atoms with Gasteiger partial charge in [0.1, 0.15) is 22.9 Å². The SMILES string of the molecule is Cc1cc(OCCCc2c(C(=O)N3CCC(NC(=O)c4cccc(Oc5ccccc5)c4)CC3)[nH]c3ccccc23)cc(C)c1Cl. The van der Waals surface area contributed by atoms with Crippen LogP contribution in [-0.2, 0) is 6.42 Å². The number of carbonyl (C=O) groups excluding carboxylic acids is 2. The lowest BCUT2D eigenvalue weighted by Crippen LogP contribution is -2.46. The van der Waals surface area contributed by atoms with E-state index in [4.69, 9.17) is 21.1 Å². The molecule has 5 aromatic rings. The number of H-pyrrole nitrogens is 1. The Labute approximate surface area is 274 Å². The van der Waals surface area contributed by atoms with Crippen molar-refractivity contribution in [3.05, 3.63) is 124 Å². The molecule has 4 aromatic carbocycles. The Hall–Kier alpha value is -4.75. The highest BCUT2D eigenvalue weighted by molar-refractivity contribution is 6.32. The Bertz CT molecular complexity index is 1820. The summed E-state index contributed by atoms with van der Waals surface area (Å²) in [4.78, 5) is 32.2. The van der Waals surface area contributed by atoms with Crippen LogP contribution in [0.2, 0.25) is 5.02 Å². The highest BCUT2D eigenvalue weighted by Crippen LogP contribution is 2.28. The number of ether oxygens (including phenoxy) is 2. The second-order valence-electron chi connectivity index (χ2n) is 11.8. The molecule has 7 nitrogen and oxygen atoms in total. The molecule has 1 fully saturated rings. The molecule has 0 atom stereocenters. The predicted octanol–water partition coefficient (Wildman–Crippen LogP) is 8.28. The van der Waals surface area contributed by atoms with Crippen molar-refractivity contribution in [2.75, 3.05) is 19.7 Å². The van der Waals surface area contributed by atoms with Gasteiger partial charge in [0.2, 0.25) is 0 Å². The van der Waals surface area contributed by atoms with Crippen molar-refractivity contribution < 1.29 is 19.1 Å². The molecule has 1 saturated heterocycles. The molecule has 1 aliphatic rings. The first-order valence-electron chi connectivity index (χ1n) is 15.8. The van der Waals surface area contributed by atoms with E-state index in [1.54, 1.807) is 12.1 Å². The van der Waals surface area contributed by atoms with E-state index in [-0.39, 0.29) is 17.9 Å². The largest absolute Gasteiger partial charge is 0.494 e. The molecule has 0 aliphatic carbocycles. The average molecular weight is 636 g/mol. The third-order valence-electron chi connectivity index (χ3n) is 8.47. The quantitative estimate of drug-likeness (QED) is 0.151. The summed E-state index contributed by atoms with van der Waals surface area (Å²) in [6.07, 6.45) is 2.83. The third-order valence-corrected chi connectivity index (χ3v) is 9.07. The number of aryl methyl sites for hydroxylation is 3. The number of benzene rings is 4. The zero-order valence-corrected chi connectivity index (χ0v) is 26.9. The number of rotatable bonds is 10. The highest BCUT2D eigenvalue weighted by atomic mass is 35.5. The lowest BCUT2D eigenvalue weighted by Gasteiger charge is -2.32. The monoisotopic (exact) mass is 635 g/mol. The van der Waals surface area contributed by atoms with Crippen LogP contribution in [0.4, 0.5) is 0 Å². The molecular weight excluding hydrogens is 598 g/mol. The van der Waals surface area contributed by atoms with Crippen LogP contribution in [0.3, 0.4) is 0 Å². The summed E-state index contributed by atoms with van der Waals surface area (Å²) in [6.45, 7) is 5.61. The minimum Gasteiger partial charge on any atom is -0.494 e. The van der Waals surface area contributed by atoms with Crippen LogP contribution in [-0.4, -0.2) is 47.4 Å². The summed E-state index contributed by atoms with van der Waals surface area (Å²) in [5.74, 6) is 1.97. The first-order chi connectivity index (χ1) is 22.4. The molecule has 2 heterocycles. The fourth-order valence-electron chi connectivity index (χ4n) is 6.05. The molecule has 46 heavy (non-hydrogen) atoms. The number of hydrogen-bond acceptors (Lipinski definition) is 4. The van der Waals surface area contributed by atoms with E-state index in [0.717, 1.165) is 44.8 Å². The van der Waals surface area contributed by atoms with Crippen molar-refractivity contribution in [1.82, 2.24) is 15.2 Å². The van der Waals surface area contributed by atoms with Crippen molar-refractivity contribution in [1.29, 1.82) is 0 Å². The van der Waals surface area contributed by atoms with E-state index in [1.165, 1.54) is 0 Å². The molecule has 1 aromatic heterocycles. The number of para-hydroxylation sites is 2. The summed E-state index contributed by atoms with van der Waals surface area (Å²) in [5.41, 5.74) is 5.13. The number of likely N-dealkylation sites (tertiary alicyclic amines) is 1. The summed E-state index contributed by atoms with van der Waals surface area (Å²) in [7, 11) is 0. The van der Waals surface area contributed by atoms with Gasteiger partial charge in [-0.1, -0.05) is 54.1 Å². The van der Waals surface area contributed by atoms with Gasteiger partial charge in [0, 0.05) is 40.6 Å². The second kappa shape index (κ2) is 14.1. The molecule has 0 spiro atoms. The van der Waals surface area contributed by atoms with Crippen molar-refractivity contribution in [2.45, 2.75) is 45.6 Å². The van der Waals surface area contributed by atoms with Gasteiger partial charge in [0.15, 0.2) is 0 Å². The minimum absolute atomic E-state index is 0.00777. The molecule has 0 unspecified atom stereocenters. The van der Waals surface area contributed by atoms with Gasteiger partial charge in [0.25, 0.3) is 11.8 Å². The maximum Gasteiger partial charge on any atom is 0.270 e. The molecule has 0 saturated carbocycles. The fraction of sp³-hybridized carbons (Fsp3) is 0.263. The van der Waals surface area contributed by atoms with Crippen molar-refractivity contribution >= 4 is 34.3 Å². The Balaban J connectivity index is 1.05. The number of halogens is 1. The highest BCUT2D eigenvalue weighted by Gasteiger charge is 2.28. The number of nitrogens with one attached hydrogen (secondary N) is 2. The summed E-state index contributed by atoms with van der Waals surface area (Å²) < 4.78 is 12.0. The van der Waals surface area contributed by atoms with Crippen LogP contribution >= 0.6 is 11.6 Å². The zero-order chi connectivity index (χ0) is 32.0. The number of fused-ring (bicyclic) bond motifs is 1. The van der Waals surface area contributed by atoms with Crippen molar-refractivity contribution in [2.24, 2.45) is 0 Å². The molecular formula is C38H38ClN3O4. The molecule has 1 aliphatic heterocycles. The Morgan fingerprint density at radius 3 is 2.33 bits per heavy atom. The first-order valence-corrected chi connectivity index (χ1v) is 16.2. The van der Waals surface area contributed by atoms with E-state index in [0.29, 0.717) is 61.7 Å². The van der Waals surface area contributed by atoms with Crippen LogP contribution in [0.25, 0.3) is 10.9 Å². The van der Waals surface area contributed by atoms with Crippen LogP contribution in [0.5, 0.6) is 17.2 Å². The van der Waals surface area contributed by atoms with Gasteiger partial charge in [-0.25, -0.2) is 0 Å².